The lowest BCUT2D eigenvalue weighted by atomic mass is 10.2. The van der Waals surface area contributed by atoms with E-state index in [4.69, 9.17) is 0 Å². The Labute approximate surface area is 181 Å². The fourth-order valence-corrected chi connectivity index (χ4v) is 3.52. The van der Waals surface area contributed by atoms with Crippen molar-refractivity contribution in [2.45, 2.75) is 33.2 Å². The second kappa shape index (κ2) is 10.0. The minimum Gasteiger partial charge on any atom is -0.359 e. The van der Waals surface area contributed by atoms with Crippen molar-refractivity contribution in [3.8, 4) is 0 Å². The quantitative estimate of drug-likeness (QED) is 0.701. The van der Waals surface area contributed by atoms with Crippen molar-refractivity contribution in [2.75, 3.05) is 36.9 Å². The van der Waals surface area contributed by atoms with Crippen molar-refractivity contribution in [3.63, 3.8) is 0 Å². The first kappa shape index (κ1) is 22.2. The molecule has 0 unspecified atom stereocenters. The molecule has 3 rings (SSSR count). The number of aryl methyl sites for hydroxylation is 1. The number of nitrogens with one attached hydrogen (secondary N) is 2. The summed E-state index contributed by atoms with van der Waals surface area (Å²) < 4.78 is 0. The molecule has 9 nitrogen and oxygen atoms in total. The van der Waals surface area contributed by atoms with E-state index in [-0.39, 0.29) is 24.3 Å². The van der Waals surface area contributed by atoms with Crippen molar-refractivity contribution in [1.82, 2.24) is 20.2 Å². The molecule has 1 aliphatic heterocycles. The van der Waals surface area contributed by atoms with E-state index in [1.54, 1.807) is 30.3 Å². The summed E-state index contributed by atoms with van der Waals surface area (Å²) in [6.45, 7) is 5.71. The van der Waals surface area contributed by atoms with Crippen LogP contribution in [0.4, 0.5) is 11.5 Å². The van der Waals surface area contributed by atoms with Crippen LogP contribution in [0.1, 0.15) is 41.5 Å². The largest absolute Gasteiger partial charge is 0.359 e. The van der Waals surface area contributed by atoms with Gasteiger partial charge in [0.15, 0.2) is 0 Å². The Morgan fingerprint density at radius 1 is 1.19 bits per heavy atom. The van der Waals surface area contributed by atoms with Gasteiger partial charge in [0.1, 0.15) is 11.5 Å². The van der Waals surface area contributed by atoms with Crippen molar-refractivity contribution < 1.29 is 14.4 Å². The van der Waals surface area contributed by atoms with Gasteiger partial charge in [0.2, 0.25) is 11.8 Å². The normalized spacial score (nSPS) is 13.8. The Hall–Kier alpha value is -3.49. The maximum absolute atomic E-state index is 12.8. The highest BCUT2D eigenvalue weighted by atomic mass is 16.2. The number of piperazine rings is 1. The lowest BCUT2D eigenvalue weighted by Crippen LogP contribution is -2.50. The van der Waals surface area contributed by atoms with Crippen LogP contribution in [-0.4, -0.2) is 59.3 Å². The topological polar surface area (TPSA) is 108 Å². The Bertz CT molecular complexity index is 977. The van der Waals surface area contributed by atoms with E-state index in [1.165, 1.54) is 0 Å². The smallest absolute Gasteiger partial charge is 0.269 e. The van der Waals surface area contributed by atoms with Crippen molar-refractivity contribution in [3.05, 3.63) is 47.4 Å². The number of amides is 3. The van der Waals surface area contributed by atoms with Crippen LogP contribution in [0.25, 0.3) is 0 Å². The first-order chi connectivity index (χ1) is 14.9. The maximum Gasteiger partial charge on any atom is 0.269 e. The number of aromatic nitrogens is 2. The summed E-state index contributed by atoms with van der Waals surface area (Å²) >= 11 is 0. The molecule has 0 radical (unpaired) electrons. The van der Waals surface area contributed by atoms with Crippen molar-refractivity contribution in [1.29, 1.82) is 0 Å². The summed E-state index contributed by atoms with van der Waals surface area (Å²) in [7, 11) is 1.57. The highest BCUT2D eigenvalue weighted by molar-refractivity contribution is 5.92. The van der Waals surface area contributed by atoms with E-state index in [0.717, 1.165) is 17.7 Å². The van der Waals surface area contributed by atoms with Crippen LogP contribution >= 0.6 is 0 Å². The van der Waals surface area contributed by atoms with E-state index in [2.05, 4.69) is 20.6 Å². The average Bonchev–Trinajstić information content (AvgIpc) is 2.75. The molecule has 0 aromatic carbocycles. The monoisotopic (exact) mass is 424 g/mol. The summed E-state index contributed by atoms with van der Waals surface area (Å²) in [6, 6.07) is 7.16. The van der Waals surface area contributed by atoms with Crippen LogP contribution < -0.4 is 15.5 Å². The van der Waals surface area contributed by atoms with E-state index in [0.29, 0.717) is 43.3 Å². The second-order valence-corrected chi connectivity index (χ2v) is 7.46. The number of hydrogen-bond donors (Lipinski definition) is 2. The summed E-state index contributed by atoms with van der Waals surface area (Å²) in [5, 5.41) is 5.35. The molecule has 0 atom stereocenters. The third-order valence-electron chi connectivity index (χ3n) is 5.12. The lowest BCUT2D eigenvalue weighted by molar-refractivity contribution is -0.131. The molecule has 1 saturated heterocycles. The van der Waals surface area contributed by atoms with Gasteiger partial charge in [0.05, 0.1) is 17.9 Å². The molecule has 2 aromatic heterocycles. The SMILES string of the molecule is CCCC(=O)Nc1cc(CN2CCN(c3ccc(C(=O)NC)nc3C)CC2=O)ccn1. The van der Waals surface area contributed by atoms with Gasteiger partial charge in [-0.2, -0.15) is 0 Å². The van der Waals surface area contributed by atoms with Gasteiger partial charge in [-0.1, -0.05) is 6.92 Å². The third-order valence-corrected chi connectivity index (χ3v) is 5.12. The Kier molecular flexibility index (Phi) is 7.17. The molecule has 0 saturated carbocycles. The predicted octanol–water partition coefficient (Wildman–Crippen LogP) is 1.73. The van der Waals surface area contributed by atoms with Crippen LogP contribution in [0.5, 0.6) is 0 Å². The van der Waals surface area contributed by atoms with Gasteiger partial charge in [-0.15, -0.1) is 0 Å². The minimum absolute atomic E-state index is 0.00871. The number of carbonyl (C=O) groups is 3. The van der Waals surface area contributed by atoms with E-state index in [1.807, 2.05) is 30.9 Å². The van der Waals surface area contributed by atoms with E-state index in [9.17, 15) is 14.4 Å². The zero-order valence-corrected chi connectivity index (χ0v) is 18.1. The van der Waals surface area contributed by atoms with Gasteiger partial charge in [-0.3, -0.25) is 14.4 Å². The molecule has 2 N–H and O–H groups in total. The highest BCUT2D eigenvalue weighted by Crippen LogP contribution is 2.22. The Morgan fingerprint density at radius 3 is 2.68 bits per heavy atom. The molecule has 31 heavy (non-hydrogen) atoms. The van der Waals surface area contributed by atoms with Crippen LogP contribution in [-0.2, 0) is 16.1 Å². The van der Waals surface area contributed by atoms with Gasteiger partial charge in [0.25, 0.3) is 5.91 Å². The van der Waals surface area contributed by atoms with E-state index >= 15 is 0 Å². The van der Waals surface area contributed by atoms with Crippen LogP contribution in [0.15, 0.2) is 30.5 Å². The predicted molar refractivity (Wildman–Crippen MR) is 118 cm³/mol. The van der Waals surface area contributed by atoms with Crippen LogP contribution in [0.2, 0.25) is 0 Å². The fourth-order valence-electron chi connectivity index (χ4n) is 3.52. The molecular weight excluding hydrogens is 396 g/mol. The summed E-state index contributed by atoms with van der Waals surface area (Å²) in [6.07, 6.45) is 2.86. The number of pyridine rings is 2. The number of anilines is 2. The number of hydrogen-bond acceptors (Lipinski definition) is 6. The Morgan fingerprint density at radius 2 is 2.00 bits per heavy atom. The number of carbonyl (C=O) groups excluding carboxylic acids is 3. The lowest BCUT2D eigenvalue weighted by Gasteiger charge is -2.36. The van der Waals surface area contributed by atoms with Gasteiger partial charge < -0.3 is 20.4 Å². The van der Waals surface area contributed by atoms with Crippen LogP contribution in [0, 0.1) is 6.92 Å². The first-order valence-corrected chi connectivity index (χ1v) is 10.4. The average molecular weight is 425 g/mol. The maximum atomic E-state index is 12.8. The van der Waals surface area contributed by atoms with E-state index < -0.39 is 0 Å². The standard InChI is InChI=1S/C22H28N6O3/c1-4-5-20(29)26-19-12-16(8-9-24-19)13-28-11-10-27(14-21(28)30)18-7-6-17(22(31)23-3)25-15(18)2/h6-9,12H,4-5,10-11,13-14H2,1-3H3,(H,23,31)(H,24,26,29). The molecule has 9 heteroatoms. The van der Waals surface area contributed by atoms with Crippen molar-refractivity contribution in [2.24, 2.45) is 0 Å². The van der Waals surface area contributed by atoms with Gasteiger partial charge in [-0.05, 0) is 43.2 Å². The molecule has 3 amide bonds. The molecule has 2 aromatic rings. The Balaban J connectivity index is 1.63. The molecule has 1 aliphatic rings. The zero-order chi connectivity index (χ0) is 22.4. The van der Waals surface area contributed by atoms with Gasteiger partial charge in [-0.25, -0.2) is 9.97 Å². The molecule has 0 aliphatic carbocycles. The molecule has 164 valence electrons. The molecule has 0 bridgehead atoms. The molecular formula is C22H28N6O3. The van der Waals surface area contributed by atoms with Crippen molar-refractivity contribution >= 4 is 29.2 Å². The van der Waals surface area contributed by atoms with Crippen LogP contribution in [0.3, 0.4) is 0 Å². The number of nitrogens with zero attached hydrogens (tertiary/aromatic N) is 4. The molecule has 0 spiro atoms. The zero-order valence-electron chi connectivity index (χ0n) is 18.1. The van der Waals surface area contributed by atoms with Gasteiger partial charge in [0, 0.05) is 39.3 Å². The fraction of sp³-hybridized carbons (Fsp3) is 0.409. The molecule has 1 fully saturated rings. The number of rotatable bonds is 7. The summed E-state index contributed by atoms with van der Waals surface area (Å²) in [5.74, 6) is 0.204. The first-order valence-electron chi connectivity index (χ1n) is 10.4. The third kappa shape index (κ3) is 5.56. The van der Waals surface area contributed by atoms with Gasteiger partial charge >= 0.3 is 0 Å². The highest BCUT2D eigenvalue weighted by Gasteiger charge is 2.25. The minimum atomic E-state index is -0.238. The summed E-state index contributed by atoms with van der Waals surface area (Å²) in [4.78, 5) is 48.7. The second-order valence-electron chi connectivity index (χ2n) is 7.46. The summed E-state index contributed by atoms with van der Waals surface area (Å²) in [5.41, 5.74) is 2.83. The molecule has 3 heterocycles.